The van der Waals surface area contributed by atoms with Gasteiger partial charge in [0.1, 0.15) is 0 Å². The minimum atomic E-state index is -3.66. The molecule has 1 aromatic carbocycles. The number of hydrogen-bond donors (Lipinski definition) is 3. The van der Waals surface area contributed by atoms with Gasteiger partial charge in [-0.2, -0.15) is 13.5 Å². The Morgan fingerprint density at radius 1 is 1.38 bits per heavy atom. The number of H-pyrrole nitrogens is 1. The van der Waals surface area contributed by atoms with E-state index < -0.39 is 10.0 Å². The molecular weight excluding hydrogens is 403 g/mol. The maximum atomic E-state index is 12.4. The van der Waals surface area contributed by atoms with Crippen molar-refractivity contribution in [1.29, 1.82) is 0 Å². The molecule has 0 aliphatic heterocycles. The number of nitrogens with one attached hydrogen (secondary N) is 3. The first kappa shape index (κ1) is 14.8. The van der Waals surface area contributed by atoms with E-state index in [1.807, 2.05) is 12.1 Å². The molecule has 0 radical (unpaired) electrons. The first-order valence-electron chi connectivity index (χ1n) is 6.58. The minimum Gasteiger partial charge on any atom is -0.310 e. The van der Waals surface area contributed by atoms with Gasteiger partial charge >= 0.3 is 0 Å². The first-order valence-corrected chi connectivity index (χ1v) is 9.15. The average molecular weight is 418 g/mol. The Morgan fingerprint density at radius 3 is 2.90 bits per heavy atom. The van der Waals surface area contributed by atoms with Gasteiger partial charge in [0.15, 0.2) is 5.03 Å². The summed E-state index contributed by atoms with van der Waals surface area (Å²) in [6.07, 6.45) is 3.86. The van der Waals surface area contributed by atoms with E-state index in [-0.39, 0.29) is 5.03 Å². The van der Waals surface area contributed by atoms with Gasteiger partial charge in [0.25, 0.3) is 10.0 Å². The lowest BCUT2D eigenvalue weighted by atomic mass is 10.3. The number of rotatable bonds is 6. The molecule has 0 bridgehead atoms. The van der Waals surface area contributed by atoms with Crippen LogP contribution < -0.4 is 10.0 Å². The number of sulfonamides is 1. The Morgan fingerprint density at radius 2 is 2.19 bits per heavy atom. The van der Waals surface area contributed by atoms with Crippen LogP contribution in [0.4, 0.5) is 5.69 Å². The van der Waals surface area contributed by atoms with E-state index >= 15 is 0 Å². The minimum absolute atomic E-state index is 0.120. The third-order valence-corrected chi connectivity index (χ3v) is 5.25. The highest BCUT2D eigenvalue weighted by Crippen LogP contribution is 2.22. The quantitative estimate of drug-likeness (QED) is 0.627. The van der Waals surface area contributed by atoms with E-state index in [9.17, 15) is 8.42 Å². The van der Waals surface area contributed by atoms with Crippen LogP contribution >= 0.6 is 22.6 Å². The van der Waals surface area contributed by atoms with Crippen LogP contribution in [-0.4, -0.2) is 24.7 Å². The molecule has 0 saturated heterocycles. The number of hydrogen-bond acceptors (Lipinski definition) is 4. The summed E-state index contributed by atoms with van der Waals surface area (Å²) in [5, 5.41) is 9.85. The van der Waals surface area contributed by atoms with Crippen LogP contribution in [0.2, 0.25) is 0 Å². The van der Waals surface area contributed by atoms with Crippen molar-refractivity contribution in [2.75, 3.05) is 4.72 Å². The highest BCUT2D eigenvalue weighted by molar-refractivity contribution is 14.1. The topological polar surface area (TPSA) is 86.9 Å². The van der Waals surface area contributed by atoms with Gasteiger partial charge in [0, 0.05) is 27.4 Å². The fraction of sp³-hybridized carbons (Fsp3) is 0.308. The van der Waals surface area contributed by atoms with Gasteiger partial charge in [-0.1, -0.05) is 6.07 Å². The second kappa shape index (κ2) is 5.93. The zero-order valence-corrected chi connectivity index (χ0v) is 14.1. The summed E-state index contributed by atoms with van der Waals surface area (Å²) < 4.78 is 28.4. The van der Waals surface area contributed by atoms with E-state index in [4.69, 9.17) is 0 Å². The Bertz CT molecular complexity index is 740. The lowest BCUT2D eigenvalue weighted by Crippen LogP contribution is -2.19. The van der Waals surface area contributed by atoms with Crippen LogP contribution in [0.15, 0.2) is 35.5 Å². The molecule has 0 amide bonds. The summed E-state index contributed by atoms with van der Waals surface area (Å²) in [5.74, 6) is 0. The van der Waals surface area contributed by atoms with Crippen LogP contribution in [0.1, 0.15) is 18.4 Å². The number of aromatic nitrogens is 2. The van der Waals surface area contributed by atoms with Gasteiger partial charge in [0.2, 0.25) is 0 Å². The van der Waals surface area contributed by atoms with Gasteiger partial charge < -0.3 is 5.32 Å². The molecule has 1 aromatic heterocycles. The van der Waals surface area contributed by atoms with Crippen molar-refractivity contribution in [3.05, 3.63) is 39.6 Å². The van der Waals surface area contributed by atoms with E-state index in [0.29, 0.717) is 23.8 Å². The summed E-state index contributed by atoms with van der Waals surface area (Å²) >= 11 is 2.14. The molecule has 21 heavy (non-hydrogen) atoms. The van der Waals surface area contributed by atoms with Crippen molar-refractivity contribution in [3.8, 4) is 0 Å². The predicted molar refractivity (Wildman–Crippen MR) is 88.4 cm³/mol. The zero-order chi connectivity index (χ0) is 14.9. The zero-order valence-electron chi connectivity index (χ0n) is 11.1. The van der Waals surface area contributed by atoms with Crippen molar-refractivity contribution in [1.82, 2.24) is 15.5 Å². The molecule has 1 aliphatic carbocycles. The highest BCUT2D eigenvalue weighted by Gasteiger charge is 2.24. The van der Waals surface area contributed by atoms with Crippen molar-refractivity contribution >= 4 is 38.3 Å². The molecular formula is C13H15IN4O2S. The molecule has 1 aliphatic rings. The van der Waals surface area contributed by atoms with Crippen LogP contribution in [0.3, 0.4) is 0 Å². The van der Waals surface area contributed by atoms with Gasteiger partial charge in [0.05, 0.1) is 6.20 Å². The van der Waals surface area contributed by atoms with Crippen molar-refractivity contribution in [2.24, 2.45) is 0 Å². The Hall–Kier alpha value is -1.13. The first-order chi connectivity index (χ1) is 10.0. The molecule has 6 nitrogen and oxygen atoms in total. The number of nitrogens with zero attached hydrogens (tertiary/aromatic N) is 1. The van der Waals surface area contributed by atoms with Gasteiger partial charge in [-0.3, -0.25) is 9.82 Å². The molecule has 1 fully saturated rings. The molecule has 2 aromatic rings. The van der Waals surface area contributed by atoms with E-state index in [2.05, 4.69) is 42.8 Å². The third kappa shape index (κ3) is 3.74. The van der Waals surface area contributed by atoms with Crippen LogP contribution in [0, 0.1) is 3.57 Å². The predicted octanol–water partition coefficient (Wildman–Crippen LogP) is 2.07. The molecule has 3 rings (SSSR count). The van der Waals surface area contributed by atoms with Crippen LogP contribution in [0.25, 0.3) is 0 Å². The highest BCUT2D eigenvalue weighted by atomic mass is 127. The smallest absolute Gasteiger partial charge is 0.279 e. The average Bonchev–Trinajstić information content (AvgIpc) is 3.12. The summed E-state index contributed by atoms with van der Waals surface area (Å²) in [7, 11) is -3.66. The number of anilines is 1. The van der Waals surface area contributed by atoms with Crippen LogP contribution in [0.5, 0.6) is 0 Å². The van der Waals surface area contributed by atoms with E-state index in [0.717, 1.165) is 16.4 Å². The maximum Gasteiger partial charge on any atom is 0.279 e. The Kier molecular flexibility index (Phi) is 4.18. The summed E-state index contributed by atoms with van der Waals surface area (Å²) in [6.45, 7) is 0.504. The molecule has 1 heterocycles. The SMILES string of the molecule is O=S(=O)(Nc1cccc(I)c1)c1[nH]ncc1CNC1CC1. The molecule has 0 atom stereocenters. The van der Waals surface area contributed by atoms with E-state index in [1.54, 1.807) is 18.3 Å². The molecule has 1 saturated carbocycles. The van der Waals surface area contributed by atoms with Crippen molar-refractivity contribution in [2.45, 2.75) is 30.5 Å². The van der Waals surface area contributed by atoms with Gasteiger partial charge in [-0.05, 0) is 53.6 Å². The molecule has 0 spiro atoms. The summed E-state index contributed by atoms with van der Waals surface area (Å²) in [4.78, 5) is 0. The fourth-order valence-electron chi connectivity index (χ4n) is 1.96. The maximum absolute atomic E-state index is 12.4. The lowest BCUT2D eigenvalue weighted by molar-refractivity contribution is 0.593. The number of benzene rings is 1. The van der Waals surface area contributed by atoms with Crippen molar-refractivity contribution < 1.29 is 8.42 Å². The van der Waals surface area contributed by atoms with Crippen LogP contribution in [-0.2, 0) is 16.6 Å². The molecule has 112 valence electrons. The fourth-order valence-corrected chi connectivity index (χ4v) is 3.68. The summed E-state index contributed by atoms with van der Waals surface area (Å²) in [6, 6.07) is 7.72. The van der Waals surface area contributed by atoms with E-state index in [1.165, 1.54) is 0 Å². The summed E-state index contributed by atoms with van der Waals surface area (Å²) in [5.41, 5.74) is 1.19. The Labute approximate surface area is 136 Å². The monoisotopic (exact) mass is 418 g/mol. The molecule has 8 heteroatoms. The van der Waals surface area contributed by atoms with Gasteiger partial charge in [-0.15, -0.1) is 0 Å². The molecule has 3 N–H and O–H groups in total. The molecule has 0 unspecified atom stereocenters. The number of aromatic amines is 1. The largest absolute Gasteiger partial charge is 0.310 e. The third-order valence-electron chi connectivity index (χ3n) is 3.18. The van der Waals surface area contributed by atoms with Gasteiger partial charge in [-0.25, -0.2) is 0 Å². The lowest BCUT2D eigenvalue weighted by Gasteiger charge is -2.09. The second-order valence-electron chi connectivity index (χ2n) is 5.00. The normalized spacial score (nSPS) is 15.1. The second-order valence-corrected chi connectivity index (χ2v) is 7.86. The van der Waals surface area contributed by atoms with Crippen molar-refractivity contribution in [3.63, 3.8) is 0 Å². The Balaban J connectivity index is 1.79. The number of halogens is 1. The standard InChI is InChI=1S/C13H15IN4O2S/c14-10-2-1-3-12(6-10)18-21(19,20)13-9(8-16-17-13)7-15-11-4-5-11/h1-3,6,8,11,15,18H,4-5,7H2,(H,16,17).